The van der Waals surface area contributed by atoms with Gasteiger partial charge in [-0.25, -0.2) is 4.79 Å². The number of nitrogens with zero attached hydrogens (tertiary/aromatic N) is 1. The molecule has 3 N–H and O–H groups in total. The van der Waals surface area contributed by atoms with E-state index in [2.05, 4.69) is 34.9 Å². The average Bonchev–Trinajstić information content (AvgIpc) is 2.95. The van der Waals surface area contributed by atoms with E-state index in [4.69, 9.17) is 9.40 Å². The van der Waals surface area contributed by atoms with Crippen molar-refractivity contribution in [2.75, 3.05) is 18.4 Å². The van der Waals surface area contributed by atoms with Gasteiger partial charge in [0.1, 0.15) is 11.3 Å². The second-order valence-corrected chi connectivity index (χ2v) is 10.8. The molecule has 7 heteroatoms. The lowest BCUT2D eigenvalue weighted by Gasteiger charge is -2.21. The van der Waals surface area contributed by atoms with Crippen LogP contribution < -0.4 is 16.3 Å². The van der Waals surface area contributed by atoms with Gasteiger partial charge >= 0.3 is 5.63 Å². The van der Waals surface area contributed by atoms with Crippen molar-refractivity contribution in [2.45, 2.75) is 77.0 Å². The molecule has 0 saturated heterocycles. The van der Waals surface area contributed by atoms with E-state index in [1.165, 1.54) is 79.1 Å². The minimum Gasteiger partial charge on any atom is -0.508 e. The zero-order valence-corrected chi connectivity index (χ0v) is 23.1. The summed E-state index contributed by atoms with van der Waals surface area (Å²) in [6, 6.07) is 14.4. The molecule has 0 aliphatic heterocycles. The number of anilines is 1. The molecule has 4 aromatic rings. The van der Waals surface area contributed by atoms with E-state index in [1.54, 1.807) is 6.07 Å². The summed E-state index contributed by atoms with van der Waals surface area (Å²) >= 11 is 0. The van der Waals surface area contributed by atoms with Gasteiger partial charge < -0.3 is 20.2 Å². The van der Waals surface area contributed by atoms with Crippen LogP contribution in [0.5, 0.6) is 5.75 Å². The molecule has 0 atom stereocenters. The van der Waals surface area contributed by atoms with Crippen molar-refractivity contribution >= 4 is 33.5 Å². The van der Waals surface area contributed by atoms with Crippen LogP contribution in [0.4, 0.5) is 5.69 Å². The molecule has 0 saturated carbocycles. The first-order valence-electron chi connectivity index (χ1n) is 14.8. The third-order valence-electron chi connectivity index (χ3n) is 7.81. The molecule has 5 rings (SSSR count). The smallest absolute Gasteiger partial charge is 0.336 e. The summed E-state index contributed by atoms with van der Waals surface area (Å²) < 4.78 is 5.13. The van der Waals surface area contributed by atoms with Crippen molar-refractivity contribution in [2.24, 2.45) is 0 Å². The Bertz CT molecular complexity index is 1530. The zero-order valence-electron chi connectivity index (χ0n) is 23.1. The number of aromatic hydroxyl groups is 1. The number of aromatic nitrogens is 1. The molecule has 2 aromatic carbocycles. The van der Waals surface area contributed by atoms with Crippen molar-refractivity contribution in [3.8, 4) is 5.75 Å². The second kappa shape index (κ2) is 13.5. The number of rotatable bonds is 13. The van der Waals surface area contributed by atoms with Crippen LogP contribution in [0.15, 0.2) is 57.7 Å². The molecule has 1 aliphatic rings. The van der Waals surface area contributed by atoms with Gasteiger partial charge in [0.2, 0.25) is 5.91 Å². The first-order chi connectivity index (χ1) is 19.6. The van der Waals surface area contributed by atoms with Crippen LogP contribution in [-0.4, -0.2) is 29.1 Å². The number of phenols is 1. The number of unbranched alkanes of at least 4 members (excludes halogenated alkanes) is 6. The highest BCUT2D eigenvalue weighted by molar-refractivity contribution is 5.93. The van der Waals surface area contributed by atoms with Crippen LogP contribution in [0.25, 0.3) is 21.9 Å². The van der Waals surface area contributed by atoms with Crippen LogP contribution >= 0.6 is 0 Å². The quantitative estimate of drug-likeness (QED) is 0.133. The summed E-state index contributed by atoms with van der Waals surface area (Å²) in [6.07, 6.45) is 12.8. The van der Waals surface area contributed by atoms with E-state index in [1.807, 2.05) is 0 Å². The average molecular weight is 542 g/mol. The van der Waals surface area contributed by atoms with Crippen LogP contribution in [0.3, 0.4) is 0 Å². The summed E-state index contributed by atoms with van der Waals surface area (Å²) in [7, 11) is 0. The van der Waals surface area contributed by atoms with Gasteiger partial charge in [-0.15, -0.1) is 0 Å². The lowest BCUT2D eigenvalue weighted by atomic mass is 9.92. The van der Waals surface area contributed by atoms with E-state index >= 15 is 0 Å². The molecule has 0 radical (unpaired) electrons. The Morgan fingerprint density at radius 2 is 1.62 bits per heavy atom. The fourth-order valence-electron chi connectivity index (χ4n) is 5.75. The van der Waals surface area contributed by atoms with Crippen molar-refractivity contribution < 1.29 is 14.3 Å². The largest absolute Gasteiger partial charge is 0.508 e. The molecule has 1 amide bonds. The summed E-state index contributed by atoms with van der Waals surface area (Å²) in [4.78, 5) is 29.2. The Morgan fingerprint density at radius 3 is 2.48 bits per heavy atom. The maximum Gasteiger partial charge on any atom is 0.336 e. The SMILES string of the molecule is O=C(Cc1cc(=O)oc2cc(O)ccc12)NCCCCCCCCCNc1c2c(nc3ccccc13)CCCC2. The zero-order chi connectivity index (χ0) is 27.7. The Hall–Kier alpha value is -3.87. The minimum absolute atomic E-state index is 0.0193. The number of hydrogen-bond donors (Lipinski definition) is 3. The number of para-hydroxylation sites is 1. The number of nitrogens with one attached hydrogen (secondary N) is 2. The Labute approximate surface area is 235 Å². The summed E-state index contributed by atoms with van der Waals surface area (Å²) in [6.45, 7) is 1.62. The van der Waals surface area contributed by atoms with Crippen LogP contribution in [-0.2, 0) is 24.1 Å². The molecule has 0 bridgehead atoms. The first kappa shape index (κ1) is 27.7. The number of fused-ring (bicyclic) bond motifs is 3. The van der Waals surface area contributed by atoms with Gasteiger partial charge in [0, 0.05) is 47.4 Å². The molecule has 2 heterocycles. The van der Waals surface area contributed by atoms with Gasteiger partial charge in [-0.1, -0.05) is 50.3 Å². The molecular weight excluding hydrogens is 502 g/mol. The fourth-order valence-corrected chi connectivity index (χ4v) is 5.75. The number of carbonyl (C=O) groups excluding carboxylic acids is 1. The first-order valence-corrected chi connectivity index (χ1v) is 14.8. The highest BCUT2D eigenvalue weighted by atomic mass is 16.4. The van der Waals surface area contributed by atoms with Crippen LogP contribution in [0.2, 0.25) is 0 Å². The lowest BCUT2D eigenvalue weighted by Crippen LogP contribution is -2.26. The standard InChI is InChI=1S/C33H39N3O4/c37-24-16-17-25-23(21-32(39)40-30(25)22-24)20-31(38)34-18-10-4-2-1-3-5-11-19-35-33-26-12-6-8-14-28(26)36-29-15-9-7-13-27(29)33/h6,8,12,14,16-17,21-22,37H,1-5,7,9-11,13,15,18-20H2,(H,34,38)(H,35,36). The lowest BCUT2D eigenvalue weighted by molar-refractivity contribution is -0.120. The molecule has 0 spiro atoms. The van der Waals surface area contributed by atoms with Crippen LogP contribution in [0.1, 0.15) is 74.6 Å². The van der Waals surface area contributed by atoms with E-state index < -0.39 is 5.63 Å². The van der Waals surface area contributed by atoms with Crippen molar-refractivity contribution in [1.82, 2.24) is 10.3 Å². The number of phenolic OH excluding ortho intramolecular Hbond substituents is 1. The van der Waals surface area contributed by atoms with Crippen molar-refractivity contribution in [3.05, 3.63) is 75.8 Å². The molecule has 40 heavy (non-hydrogen) atoms. The molecule has 0 unspecified atom stereocenters. The Kier molecular flexibility index (Phi) is 9.32. The van der Waals surface area contributed by atoms with Crippen molar-refractivity contribution in [1.29, 1.82) is 0 Å². The molecule has 0 fully saturated rings. The third kappa shape index (κ3) is 7.00. The molecule has 1 aliphatic carbocycles. The molecular formula is C33H39N3O4. The number of carbonyl (C=O) groups is 1. The van der Waals surface area contributed by atoms with E-state index in [9.17, 15) is 14.7 Å². The van der Waals surface area contributed by atoms with E-state index in [-0.39, 0.29) is 23.7 Å². The van der Waals surface area contributed by atoms with E-state index in [0.29, 0.717) is 17.5 Å². The number of amides is 1. The topological polar surface area (TPSA) is 104 Å². The highest BCUT2D eigenvalue weighted by Gasteiger charge is 2.17. The Balaban J connectivity index is 0.959. The van der Waals surface area contributed by atoms with Gasteiger partial charge in [0.25, 0.3) is 0 Å². The number of aryl methyl sites for hydroxylation is 1. The maximum atomic E-state index is 12.4. The van der Waals surface area contributed by atoms with E-state index in [0.717, 1.165) is 44.2 Å². The highest BCUT2D eigenvalue weighted by Crippen LogP contribution is 2.33. The predicted molar refractivity (Wildman–Crippen MR) is 160 cm³/mol. The summed E-state index contributed by atoms with van der Waals surface area (Å²) in [5.74, 6) is -0.0958. The normalized spacial score (nSPS) is 12.9. The third-order valence-corrected chi connectivity index (χ3v) is 7.81. The fraction of sp³-hybridized carbons (Fsp3) is 0.424. The van der Waals surface area contributed by atoms with Gasteiger partial charge in [0.15, 0.2) is 0 Å². The monoisotopic (exact) mass is 541 g/mol. The number of hydrogen-bond acceptors (Lipinski definition) is 6. The van der Waals surface area contributed by atoms with Crippen LogP contribution in [0, 0.1) is 0 Å². The summed E-state index contributed by atoms with van der Waals surface area (Å²) in [5, 5.41) is 18.3. The minimum atomic E-state index is -0.526. The second-order valence-electron chi connectivity index (χ2n) is 10.8. The number of benzene rings is 2. The maximum absolute atomic E-state index is 12.4. The predicted octanol–water partition coefficient (Wildman–Crippen LogP) is 6.43. The molecule has 2 aromatic heterocycles. The van der Waals surface area contributed by atoms with Gasteiger partial charge in [-0.2, -0.15) is 0 Å². The molecule has 7 nitrogen and oxygen atoms in total. The summed E-state index contributed by atoms with van der Waals surface area (Å²) in [5.41, 5.74) is 5.49. The van der Waals surface area contributed by atoms with Gasteiger partial charge in [0.05, 0.1) is 11.9 Å². The Morgan fingerprint density at radius 1 is 0.875 bits per heavy atom. The van der Waals surface area contributed by atoms with Crippen molar-refractivity contribution in [3.63, 3.8) is 0 Å². The number of pyridine rings is 1. The van der Waals surface area contributed by atoms with Gasteiger partial charge in [-0.3, -0.25) is 9.78 Å². The van der Waals surface area contributed by atoms with Gasteiger partial charge in [-0.05, 0) is 67.9 Å². The molecule has 210 valence electrons.